The van der Waals surface area contributed by atoms with Gasteiger partial charge in [-0.3, -0.25) is 0 Å². The third-order valence-corrected chi connectivity index (χ3v) is 5.52. The van der Waals surface area contributed by atoms with Crippen LogP contribution in [-0.2, 0) is 19.6 Å². The van der Waals surface area contributed by atoms with Gasteiger partial charge in [0.05, 0.1) is 17.6 Å². The van der Waals surface area contributed by atoms with E-state index in [-0.39, 0.29) is 0 Å². The van der Waals surface area contributed by atoms with Crippen LogP contribution in [0.3, 0.4) is 0 Å². The van der Waals surface area contributed by atoms with Crippen LogP contribution >= 0.6 is 23.2 Å². The molecule has 1 aromatic heterocycles. The highest BCUT2D eigenvalue weighted by Crippen LogP contribution is 2.28. The van der Waals surface area contributed by atoms with Crippen LogP contribution in [0.2, 0.25) is 10.0 Å². The predicted molar refractivity (Wildman–Crippen MR) is 115 cm³/mol. The Bertz CT molecular complexity index is 1080. The molecule has 3 nitrogen and oxygen atoms in total. The van der Waals surface area contributed by atoms with E-state index in [0.717, 1.165) is 34.6 Å². The molecule has 0 aliphatic heterocycles. The van der Waals surface area contributed by atoms with Crippen molar-refractivity contribution in [3.63, 3.8) is 0 Å². The van der Waals surface area contributed by atoms with Crippen molar-refractivity contribution in [2.75, 3.05) is 0 Å². The smallest absolute Gasteiger partial charge is 0.148 e. The van der Waals surface area contributed by atoms with Crippen molar-refractivity contribution in [3.8, 4) is 5.75 Å². The van der Waals surface area contributed by atoms with Crippen LogP contribution in [0.15, 0.2) is 66.7 Å². The van der Waals surface area contributed by atoms with Gasteiger partial charge in [0.25, 0.3) is 0 Å². The summed E-state index contributed by atoms with van der Waals surface area (Å²) in [6.07, 6.45) is 1.01. The van der Waals surface area contributed by atoms with Crippen LogP contribution in [-0.4, -0.2) is 9.55 Å². The number of benzene rings is 3. The first-order valence-corrected chi connectivity index (χ1v) is 10.00. The van der Waals surface area contributed by atoms with Crippen LogP contribution in [0.25, 0.3) is 11.0 Å². The number of imidazole rings is 1. The predicted octanol–water partition coefficient (Wildman–Crippen LogP) is 6.53. The standard InChI is InChI=1S/C23H20Cl2N2O/c1-2-16-10-12-17(13-11-16)28-15-23-26-21-8-3-4-9-22(21)27(23)14-18-19(24)6-5-7-20(18)25/h3-13H,2,14-15H2,1H3. The molecule has 0 spiro atoms. The Morgan fingerprint density at radius 1 is 0.893 bits per heavy atom. The Balaban J connectivity index is 1.66. The molecule has 4 aromatic rings. The molecule has 0 atom stereocenters. The van der Waals surface area contributed by atoms with Crippen LogP contribution < -0.4 is 4.74 Å². The van der Waals surface area contributed by atoms with E-state index in [4.69, 9.17) is 32.9 Å². The molecular weight excluding hydrogens is 391 g/mol. The lowest BCUT2D eigenvalue weighted by Crippen LogP contribution is -2.09. The third kappa shape index (κ3) is 3.87. The zero-order chi connectivity index (χ0) is 19.5. The Morgan fingerprint density at radius 2 is 1.61 bits per heavy atom. The highest BCUT2D eigenvalue weighted by atomic mass is 35.5. The van der Waals surface area contributed by atoms with Gasteiger partial charge in [0.1, 0.15) is 18.2 Å². The van der Waals surface area contributed by atoms with Gasteiger partial charge in [-0.15, -0.1) is 0 Å². The molecule has 0 amide bonds. The summed E-state index contributed by atoms with van der Waals surface area (Å²) in [7, 11) is 0. The molecule has 3 aromatic carbocycles. The maximum absolute atomic E-state index is 6.40. The van der Waals surface area contributed by atoms with Crippen molar-refractivity contribution in [3.05, 3.63) is 93.7 Å². The minimum Gasteiger partial charge on any atom is -0.486 e. The van der Waals surface area contributed by atoms with Crippen molar-refractivity contribution < 1.29 is 4.74 Å². The lowest BCUT2D eigenvalue weighted by molar-refractivity contribution is 0.291. The van der Waals surface area contributed by atoms with Crippen molar-refractivity contribution >= 4 is 34.2 Å². The van der Waals surface area contributed by atoms with Gasteiger partial charge in [-0.05, 0) is 48.4 Å². The number of nitrogens with zero attached hydrogens (tertiary/aromatic N) is 2. The molecule has 0 N–H and O–H groups in total. The third-order valence-electron chi connectivity index (χ3n) is 4.81. The molecule has 0 saturated heterocycles. The van der Waals surface area contributed by atoms with Gasteiger partial charge in [0.15, 0.2) is 0 Å². The quantitative estimate of drug-likeness (QED) is 0.361. The summed E-state index contributed by atoms with van der Waals surface area (Å²) < 4.78 is 8.12. The first-order valence-electron chi connectivity index (χ1n) is 9.24. The van der Waals surface area contributed by atoms with Crippen LogP contribution in [0, 0.1) is 0 Å². The van der Waals surface area contributed by atoms with E-state index < -0.39 is 0 Å². The molecule has 5 heteroatoms. The van der Waals surface area contributed by atoms with Crippen molar-refractivity contribution in [2.45, 2.75) is 26.5 Å². The van der Waals surface area contributed by atoms with E-state index in [1.54, 1.807) is 0 Å². The zero-order valence-corrected chi connectivity index (χ0v) is 17.0. The number of aryl methyl sites for hydroxylation is 1. The van der Waals surface area contributed by atoms with Gasteiger partial charge in [0, 0.05) is 15.6 Å². The molecule has 0 bridgehead atoms. The zero-order valence-electron chi connectivity index (χ0n) is 15.5. The largest absolute Gasteiger partial charge is 0.486 e. The molecule has 0 aliphatic carbocycles. The minimum absolute atomic E-state index is 0.363. The minimum atomic E-state index is 0.363. The lowest BCUT2D eigenvalue weighted by Gasteiger charge is -2.13. The molecule has 0 unspecified atom stereocenters. The maximum Gasteiger partial charge on any atom is 0.148 e. The summed E-state index contributed by atoms with van der Waals surface area (Å²) >= 11 is 12.8. The number of hydrogen-bond acceptors (Lipinski definition) is 2. The molecule has 0 aliphatic rings. The molecule has 0 saturated carbocycles. The molecule has 28 heavy (non-hydrogen) atoms. The van der Waals surface area contributed by atoms with Crippen LogP contribution in [0.1, 0.15) is 23.9 Å². The lowest BCUT2D eigenvalue weighted by atomic mass is 10.2. The number of fused-ring (bicyclic) bond motifs is 1. The van der Waals surface area contributed by atoms with Crippen molar-refractivity contribution in [2.24, 2.45) is 0 Å². The molecule has 142 valence electrons. The Kier molecular flexibility index (Phi) is 5.56. The van der Waals surface area contributed by atoms with E-state index in [0.29, 0.717) is 23.2 Å². The van der Waals surface area contributed by atoms with E-state index in [2.05, 4.69) is 23.6 Å². The number of aromatic nitrogens is 2. The first-order chi connectivity index (χ1) is 13.7. The fraction of sp³-hybridized carbons (Fsp3) is 0.174. The summed E-state index contributed by atoms with van der Waals surface area (Å²) in [4.78, 5) is 4.77. The Morgan fingerprint density at radius 3 is 2.32 bits per heavy atom. The van der Waals surface area contributed by atoms with E-state index in [9.17, 15) is 0 Å². The van der Waals surface area contributed by atoms with Gasteiger partial charge in [-0.1, -0.05) is 60.5 Å². The van der Waals surface area contributed by atoms with E-state index in [1.807, 2.05) is 54.6 Å². The molecule has 4 rings (SSSR count). The van der Waals surface area contributed by atoms with Gasteiger partial charge < -0.3 is 9.30 Å². The number of ether oxygens (including phenoxy) is 1. The van der Waals surface area contributed by atoms with E-state index in [1.165, 1.54) is 5.56 Å². The molecule has 0 radical (unpaired) electrons. The van der Waals surface area contributed by atoms with Gasteiger partial charge >= 0.3 is 0 Å². The maximum atomic E-state index is 6.40. The summed E-state index contributed by atoms with van der Waals surface area (Å²) in [5, 5.41) is 1.29. The summed E-state index contributed by atoms with van der Waals surface area (Å²) in [6, 6.07) is 21.8. The van der Waals surface area contributed by atoms with Crippen molar-refractivity contribution in [1.82, 2.24) is 9.55 Å². The first kappa shape index (κ1) is 18.9. The highest BCUT2D eigenvalue weighted by molar-refractivity contribution is 6.36. The summed E-state index contributed by atoms with van der Waals surface area (Å²) in [5.74, 6) is 1.66. The number of halogens is 2. The second-order valence-corrected chi connectivity index (χ2v) is 7.40. The summed E-state index contributed by atoms with van der Waals surface area (Å²) in [5.41, 5.74) is 4.11. The monoisotopic (exact) mass is 410 g/mol. The Labute approximate surface area is 174 Å². The molecule has 1 heterocycles. The fourth-order valence-electron chi connectivity index (χ4n) is 3.22. The van der Waals surface area contributed by atoms with Crippen molar-refractivity contribution in [1.29, 1.82) is 0 Å². The Hall–Kier alpha value is -2.49. The number of hydrogen-bond donors (Lipinski definition) is 0. The second-order valence-electron chi connectivity index (χ2n) is 6.59. The molecular formula is C23H20Cl2N2O. The fourth-order valence-corrected chi connectivity index (χ4v) is 3.74. The SMILES string of the molecule is CCc1ccc(OCc2nc3ccccc3n2Cc2c(Cl)cccc2Cl)cc1. The highest BCUT2D eigenvalue weighted by Gasteiger charge is 2.14. The van der Waals surface area contributed by atoms with Crippen LogP contribution in [0.4, 0.5) is 0 Å². The second kappa shape index (κ2) is 8.26. The van der Waals surface area contributed by atoms with Gasteiger partial charge in [-0.25, -0.2) is 4.98 Å². The number of para-hydroxylation sites is 2. The van der Waals surface area contributed by atoms with E-state index >= 15 is 0 Å². The number of rotatable bonds is 6. The van der Waals surface area contributed by atoms with Gasteiger partial charge in [0.2, 0.25) is 0 Å². The van der Waals surface area contributed by atoms with Crippen LogP contribution in [0.5, 0.6) is 5.75 Å². The molecule has 0 fully saturated rings. The normalized spacial score (nSPS) is 11.1. The average molecular weight is 411 g/mol. The average Bonchev–Trinajstić information content (AvgIpc) is 3.07. The van der Waals surface area contributed by atoms with Gasteiger partial charge in [-0.2, -0.15) is 0 Å². The summed E-state index contributed by atoms with van der Waals surface area (Å²) in [6.45, 7) is 3.03. The topological polar surface area (TPSA) is 27.1 Å².